The summed E-state index contributed by atoms with van der Waals surface area (Å²) in [6, 6.07) is 11.3. The van der Waals surface area contributed by atoms with E-state index in [2.05, 4.69) is 10.6 Å². The van der Waals surface area contributed by atoms with Crippen LogP contribution in [0, 0.1) is 0 Å². The van der Waals surface area contributed by atoms with Gasteiger partial charge in [0.05, 0.1) is 24.8 Å². The van der Waals surface area contributed by atoms with E-state index in [4.69, 9.17) is 9.47 Å². The van der Waals surface area contributed by atoms with E-state index in [1.54, 1.807) is 56.3 Å². The van der Waals surface area contributed by atoms with Crippen LogP contribution in [0.2, 0.25) is 0 Å². The van der Waals surface area contributed by atoms with E-state index < -0.39 is 21.8 Å². The van der Waals surface area contributed by atoms with E-state index in [1.165, 1.54) is 18.5 Å². The molecule has 0 aliphatic rings. The Balaban J connectivity index is 1.91. The number of hydrogen-bond acceptors (Lipinski definition) is 6. The Morgan fingerprint density at radius 1 is 0.938 bits per heavy atom. The molecule has 10 heteroatoms. The van der Waals surface area contributed by atoms with Gasteiger partial charge in [-0.1, -0.05) is 26.0 Å². The van der Waals surface area contributed by atoms with Crippen molar-refractivity contribution >= 4 is 27.5 Å². The van der Waals surface area contributed by atoms with Crippen molar-refractivity contribution in [1.29, 1.82) is 0 Å². The van der Waals surface area contributed by atoms with Crippen LogP contribution in [0.1, 0.15) is 19.4 Å². The summed E-state index contributed by atoms with van der Waals surface area (Å²) in [6.07, 6.45) is 0.441. The third-order valence-electron chi connectivity index (χ3n) is 4.83. The second kappa shape index (κ2) is 11.5. The standard InChI is InChI=1S/C22H29N3O6S/c1-5-25(6-2)32(28,29)18-10-7-16(8-11-18)13-14-23-21(26)22(27)24-19-12-9-17(30-3)15-20(19)31-4/h7-12,15H,5-6,13-14H2,1-4H3,(H,23,26)(H,24,27). The van der Waals surface area contributed by atoms with Crippen LogP contribution in [0.4, 0.5) is 5.69 Å². The molecular formula is C22H29N3O6S. The number of rotatable bonds is 10. The first-order valence-corrected chi connectivity index (χ1v) is 11.6. The SMILES string of the molecule is CCN(CC)S(=O)(=O)c1ccc(CCNC(=O)C(=O)Nc2ccc(OC)cc2OC)cc1. The van der Waals surface area contributed by atoms with E-state index >= 15 is 0 Å². The maximum atomic E-state index is 12.5. The molecule has 0 radical (unpaired) electrons. The van der Waals surface area contributed by atoms with Gasteiger partial charge in [0, 0.05) is 25.7 Å². The number of benzene rings is 2. The fourth-order valence-corrected chi connectivity index (χ4v) is 4.48. The maximum Gasteiger partial charge on any atom is 0.313 e. The summed E-state index contributed by atoms with van der Waals surface area (Å²) in [4.78, 5) is 24.5. The molecule has 2 aromatic rings. The van der Waals surface area contributed by atoms with Gasteiger partial charge < -0.3 is 20.1 Å². The highest BCUT2D eigenvalue weighted by molar-refractivity contribution is 7.89. The number of sulfonamides is 1. The Bertz CT molecular complexity index is 1030. The fourth-order valence-electron chi connectivity index (χ4n) is 3.02. The molecule has 0 saturated carbocycles. The second-order valence-corrected chi connectivity index (χ2v) is 8.70. The van der Waals surface area contributed by atoms with Crippen LogP contribution in [0.25, 0.3) is 0 Å². The van der Waals surface area contributed by atoms with Gasteiger partial charge in [-0.2, -0.15) is 4.31 Å². The zero-order chi connectivity index (χ0) is 23.7. The second-order valence-electron chi connectivity index (χ2n) is 6.76. The van der Waals surface area contributed by atoms with E-state index in [0.29, 0.717) is 36.7 Å². The van der Waals surface area contributed by atoms with Crippen molar-refractivity contribution < 1.29 is 27.5 Å². The number of hydrogen-bond donors (Lipinski definition) is 2. The van der Waals surface area contributed by atoms with Crippen molar-refractivity contribution in [3.63, 3.8) is 0 Å². The number of nitrogens with zero attached hydrogens (tertiary/aromatic N) is 1. The number of ether oxygens (including phenoxy) is 2. The molecule has 0 aromatic heterocycles. The normalized spacial score (nSPS) is 11.2. The quantitative estimate of drug-likeness (QED) is 0.521. The number of carbonyl (C=O) groups excluding carboxylic acids is 2. The third kappa shape index (κ3) is 6.21. The Labute approximate surface area is 188 Å². The average Bonchev–Trinajstić information content (AvgIpc) is 2.80. The van der Waals surface area contributed by atoms with Crippen LogP contribution in [-0.4, -0.2) is 58.4 Å². The molecule has 0 unspecified atom stereocenters. The highest BCUT2D eigenvalue weighted by Crippen LogP contribution is 2.28. The molecule has 174 valence electrons. The first-order valence-electron chi connectivity index (χ1n) is 10.2. The van der Waals surface area contributed by atoms with Crippen molar-refractivity contribution in [2.24, 2.45) is 0 Å². The molecule has 0 saturated heterocycles. The summed E-state index contributed by atoms with van der Waals surface area (Å²) < 4.78 is 36.7. The van der Waals surface area contributed by atoms with Crippen molar-refractivity contribution in [2.45, 2.75) is 25.2 Å². The molecule has 2 amide bonds. The topological polar surface area (TPSA) is 114 Å². The predicted octanol–water partition coefficient (Wildman–Crippen LogP) is 2.03. The van der Waals surface area contributed by atoms with Crippen LogP contribution in [0.3, 0.4) is 0 Å². The first kappa shape index (κ1) is 25.2. The molecule has 0 spiro atoms. The zero-order valence-electron chi connectivity index (χ0n) is 18.7. The van der Waals surface area contributed by atoms with Crippen LogP contribution in [-0.2, 0) is 26.0 Å². The fraction of sp³-hybridized carbons (Fsp3) is 0.364. The molecule has 0 fully saturated rings. The first-order chi connectivity index (χ1) is 15.3. The van der Waals surface area contributed by atoms with Gasteiger partial charge in [0.25, 0.3) is 0 Å². The molecule has 2 N–H and O–H groups in total. The minimum atomic E-state index is -3.51. The van der Waals surface area contributed by atoms with Crippen LogP contribution in [0.5, 0.6) is 11.5 Å². The van der Waals surface area contributed by atoms with Gasteiger partial charge in [0.1, 0.15) is 11.5 Å². The number of nitrogens with one attached hydrogen (secondary N) is 2. The highest BCUT2D eigenvalue weighted by atomic mass is 32.2. The van der Waals surface area contributed by atoms with Gasteiger partial charge in [0.2, 0.25) is 10.0 Å². The Hall–Kier alpha value is -3.11. The lowest BCUT2D eigenvalue weighted by Gasteiger charge is -2.18. The highest BCUT2D eigenvalue weighted by Gasteiger charge is 2.21. The maximum absolute atomic E-state index is 12.5. The zero-order valence-corrected chi connectivity index (χ0v) is 19.5. The van der Waals surface area contributed by atoms with Crippen molar-refractivity contribution in [3.05, 3.63) is 48.0 Å². The summed E-state index contributed by atoms with van der Waals surface area (Å²) >= 11 is 0. The largest absolute Gasteiger partial charge is 0.497 e. The van der Waals surface area contributed by atoms with Gasteiger partial charge in [-0.05, 0) is 36.2 Å². The number of amides is 2. The van der Waals surface area contributed by atoms with Crippen LogP contribution in [0.15, 0.2) is 47.4 Å². The smallest absolute Gasteiger partial charge is 0.313 e. The number of anilines is 1. The number of carbonyl (C=O) groups is 2. The third-order valence-corrected chi connectivity index (χ3v) is 6.89. The average molecular weight is 464 g/mol. The van der Waals surface area contributed by atoms with Gasteiger partial charge in [-0.15, -0.1) is 0 Å². The predicted molar refractivity (Wildman–Crippen MR) is 121 cm³/mol. The Morgan fingerprint density at radius 3 is 2.16 bits per heavy atom. The molecular weight excluding hydrogens is 434 g/mol. The van der Waals surface area contributed by atoms with E-state index in [-0.39, 0.29) is 11.4 Å². The number of methoxy groups -OCH3 is 2. The van der Waals surface area contributed by atoms with Crippen molar-refractivity contribution in [1.82, 2.24) is 9.62 Å². The molecule has 0 aliphatic carbocycles. The molecule has 0 atom stereocenters. The van der Waals surface area contributed by atoms with Gasteiger partial charge >= 0.3 is 11.8 Å². The summed E-state index contributed by atoms with van der Waals surface area (Å²) in [5.74, 6) is -0.691. The van der Waals surface area contributed by atoms with E-state index in [9.17, 15) is 18.0 Å². The Morgan fingerprint density at radius 2 is 1.59 bits per heavy atom. The summed E-state index contributed by atoms with van der Waals surface area (Å²) in [7, 11) is -0.551. The monoisotopic (exact) mass is 463 g/mol. The molecule has 2 aromatic carbocycles. The van der Waals surface area contributed by atoms with E-state index in [0.717, 1.165) is 5.56 Å². The summed E-state index contributed by atoms with van der Waals surface area (Å²) in [5, 5.41) is 5.05. The van der Waals surface area contributed by atoms with Gasteiger partial charge in [-0.25, -0.2) is 8.42 Å². The van der Waals surface area contributed by atoms with Crippen molar-refractivity contribution in [2.75, 3.05) is 39.2 Å². The van der Waals surface area contributed by atoms with Crippen LogP contribution >= 0.6 is 0 Å². The van der Waals surface area contributed by atoms with Gasteiger partial charge in [-0.3, -0.25) is 9.59 Å². The molecule has 0 heterocycles. The lowest BCUT2D eigenvalue weighted by molar-refractivity contribution is -0.136. The molecule has 0 bridgehead atoms. The minimum absolute atomic E-state index is 0.216. The van der Waals surface area contributed by atoms with E-state index in [1.807, 2.05) is 0 Å². The summed E-state index contributed by atoms with van der Waals surface area (Å²) in [5.41, 5.74) is 1.18. The minimum Gasteiger partial charge on any atom is -0.497 e. The molecule has 32 heavy (non-hydrogen) atoms. The lowest BCUT2D eigenvalue weighted by atomic mass is 10.1. The molecule has 0 aliphatic heterocycles. The molecule has 2 rings (SSSR count). The van der Waals surface area contributed by atoms with Crippen molar-refractivity contribution in [3.8, 4) is 11.5 Å². The van der Waals surface area contributed by atoms with Crippen LogP contribution < -0.4 is 20.1 Å². The summed E-state index contributed by atoms with van der Waals surface area (Å²) in [6.45, 7) is 4.60. The lowest BCUT2D eigenvalue weighted by Crippen LogP contribution is -2.36. The van der Waals surface area contributed by atoms with Gasteiger partial charge in [0.15, 0.2) is 0 Å². The Kier molecular flexibility index (Phi) is 9.03. The molecule has 9 nitrogen and oxygen atoms in total.